The van der Waals surface area contributed by atoms with Gasteiger partial charge >= 0.3 is 0 Å². The Morgan fingerprint density at radius 1 is 1.41 bits per heavy atom. The number of nitrogens with zero attached hydrogens (tertiary/aromatic N) is 2. The molecule has 110 valence electrons. The highest BCUT2D eigenvalue weighted by atomic mass is 35.5. The van der Waals surface area contributed by atoms with Crippen molar-refractivity contribution in [3.63, 3.8) is 0 Å². The van der Waals surface area contributed by atoms with Crippen LogP contribution in [-0.4, -0.2) is 9.97 Å². The highest BCUT2D eigenvalue weighted by Crippen LogP contribution is 2.42. The van der Waals surface area contributed by atoms with Crippen molar-refractivity contribution in [1.82, 2.24) is 9.97 Å². The number of aromatic nitrogens is 2. The molecule has 0 saturated carbocycles. The summed E-state index contributed by atoms with van der Waals surface area (Å²) in [5.74, 6) is -0.868. The monoisotopic (exact) mass is 334 g/mol. The largest absolute Gasteiger partial charge is 0.422 e. The summed E-state index contributed by atoms with van der Waals surface area (Å²) in [4.78, 5) is 18.6. The molecule has 6 nitrogen and oxygen atoms in total. The van der Waals surface area contributed by atoms with Crippen LogP contribution < -0.4 is 16.0 Å². The van der Waals surface area contributed by atoms with E-state index in [1.54, 1.807) is 18.2 Å². The molecule has 8 heteroatoms. The summed E-state index contributed by atoms with van der Waals surface area (Å²) in [7, 11) is 0. The van der Waals surface area contributed by atoms with Crippen LogP contribution in [0.1, 0.15) is 17.0 Å². The summed E-state index contributed by atoms with van der Waals surface area (Å²) < 4.78 is 5.27. The van der Waals surface area contributed by atoms with Gasteiger partial charge in [0.1, 0.15) is 11.6 Å². The predicted molar refractivity (Wildman–Crippen MR) is 80.6 cm³/mol. The van der Waals surface area contributed by atoms with Crippen molar-refractivity contribution in [2.45, 2.75) is 5.92 Å². The molecule has 1 unspecified atom stereocenters. The Labute approximate surface area is 134 Å². The highest BCUT2D eigenvalue weighted by Gasteiger charge is 2.35. The van der Waals surface area contributed by atoms with E-state index in [1.807, 2.05) is 6.07 Å². The van der Waals surface area contributed by atoms with Gasteiger partial charge in [-0.3, -0.25) is 4.79 Å². The van der Waals surface area contributed by atoms with E-state index in [4.69, 9.17) is 33.7 Å². The van der Waals surface area contributed by atoms with Crippen LogP contribution in [0.4, 0.5) is 0 Å². The molecule has 3 rings (SSSR count). The minimum absolute atomic E-state index is 0.0429. The van der Waals surface area contributed by atoms with E-state index >= 15 is 0 Å². The van der Waals surface area contributed by atoms with E-state index in [0.717, 1.165) is 0 Å². The molecule has 1 atom stereocenters. The molecule has 0 fully saturated rings. The Morgan fingerprint density at radius 2 is 2.18 bits per heavy atom. The summed E-state index contributed by atoms with van der Waals surface area (Å²) in [6, 6.07) is 6.92. The molecule has 22 heavy (non-hydrogen) atoms. The molecule has 0 saturated heterocycles. The molecule has 1 aliphatic rings. The number of rotatable bonds is 1. The first kappa shape index (κ1) is 14.4. The number of H-pyrrole nitrogens is 1. The number of aromatic amines is 1. The summed E-state index contributed by atoms with van der Waals surface area (Å²) in [6.45, 7) is 0. The van der Waals surface area contributed by atoms with Gasteiger partial charge in [-0.05, 0) is 11.6 Å². The molecule has 0 aliphatic carbocycles. The highest BCUT2D eigenvalue weighted by molar-refractivity contribution is 6.42. The Morgan fingerprint density at radius 3 is 2.91 bits per heavy atom. The van der Waals surface area contributed by atoms with Crippen molar-refractivity contribution in [1.29, 1.82) is 5.26 Å². The van der Waals surface area contributed by atoms with Crippen LogP contribution in [0.3, 0.4) is 0 Å². The number of allylic oxidation sites excluding steroid dienone is 1. The topological polar surface area (TPSA) is 105 Å². The zero-order valence-electron chi connectivity index (χ0n) is 10.9. The standard InChI is InChI=1S/C14H8Cl2N4O2/c15-8-3-1-2-6(11(8)16)9-7(4-17)12(18)22-14-10(9)13(21)19-5-20-14/h1-3,5,9H,18H2,(H,19,20,21). The number of benzene rings is 1. The van der Waals surface area contributed by atoms with Gasteiger partial charge < -0.3 is 15.5 Å². The summed E-state index contributed by atoms with van der Waals surface area (Å²) in [5.41, 5.74) is 6.06. The molecule has 2 aromatic rings. The molecule has 0 spiro atoms. The molecule has 1 aromatic carbocycles. The molecular formula is C14H8Cl2N4O2. The average Bonchev–Trinajstić information content (AvgIpc) is 2.49. The van der Waals surface area contributed by atoms with Gasteiger partial charge in [-0.15, -0.1) is 0 Å². The van der Waals surface area contributed by atoms with Crippen molar-refractivity contribution >= 4 is 23.2 Å². The number of ether oxygens (including phenoxy) is 1. The van der Waals surface area contributed by atoms with Crippen LogP contribution in [0.15, 0.2) is 40.8 Å². The first-order valence-electron chi connectivity index (χ1n) is 6.13. The summed E-state index contributed by atoms with van der Waals surface area (Å²) in [5, 5.41) is 9.94. The molecule has 1 aliphatic heterocycles. The maximum atomic E-state index is 12.2. The van der Waals surface area contributed by atoms with Crippen LogP contribution in [0.25, 0.3) is 0 Å². The number of hydrogen-bond donors (Lipinski definition) is 2. The zero-order valence-corrected chi connectivity index (χ0v) is 12.4. The van der Waals surface area contributed by atoms with Gasteiger partial charge in [0.15, 0.2) is 0 Å². The van der Waals surface area contributed by atoms with Crippen molar-refractivity contribution in [3.8, 4) is 11.9 Å². The second-order valence-corrected chi connectivity index (χ2v) is 5.30. The first-order valence-corrected chi connectivity index (χ1v) is 6.89. The van der Waals surface area contributed by atoms with Crippen LogP contribution in [0.2, 0.25) is 10.0 Å². The van der Waals surface area contributed by atoms with Crippen molar-refractivity contribution in [2.75, 3.05) is 0 Å². The van der Waals surface area contributed by atoms with E-state index < -0.39 is 11.5 Å². The SMILES string of the molecule is N#CC1=C(N)Oc2nc[nH]c(=O)c2C1c1cccc(Cl)c1Cl. The van der Waals surface area contributed by atoms with Crippen molar-refractivity contribution in [2.24, 2.45) is 5.73 Å². The second kappa shape index (κ2) is 5.37. The van der Waals surface area contributed by atoms with E-state index in [9.17, 15) is 10.1 Å². The third kappa shape index (κ3) is 2.11. The number of nitrogens with one attached hydrogen (secondary N) is 1. The second-order valence-electron chi connectivity index (χ2n) is 4.52. The molecule has 3 N–H and O–H groups in total. The van der Waals surface area contributed by atoms with Gasteiger partial charge in [0, 0.05) is 0 Å². The van der Waals surface area contributed by atoms with Crippen LogP contribution >= 0.6 is 23.2 Å². The van der Waals surface area contributed by atoms with Gasteiger partial charge in [0.2, 0.25) is 11.8 Å². The Balaban J connectivity index is 2.36. The molecule has 0 radical (unpaired) electrons. The fourth-order valence-corrected chi connectivity index (χ4v) is 2.77. The van der Waals surface area contributed by atoms with E-state index in [0.29, 0.717) is 10.6 Å². The lowest BCUT2D eigenvalue weighted by Gasteiger charge is -2.25. The maximum Gasteiger partial charge on any atom is 0.258 e. The Kier molecular flexibility index (Phi) is 3.53. The number of fused-ring (bicyclic) bond motifs is 1. The third-order valence-corrected chi connectivity index (χ3v) is 4.15. The Bertz CT molecular complexity index is 898. The summed E-state index contributed by atoms with van der Waals surface area (Å²) >= 11 is 12.3. The van der Waals surface area contributed by atoms with E-state index in [2.05, 4.69) is 9.97 Å². The minimum atomic E-state index is -0.794. The normalized spacial score (nSPS) is 16.7. The van der Waals surface area contributed by atoms with E-state index in [1.165, 1.54) is 6.33 Å². The molecular weight excluding hydrogens is 327 g/mol. The van der Waals surface area contributed by atoms with Crippen molar-refractivity contribution < 1.29 is 4.74 Å². The number of halogens is 2. The summed E-state index contributed by atoms with van der Waals surface area (Å²) in [6.07, 6.45) is 1.20. The number of hydrogen-bond acceptors (Lipinski definition) is 5. The van der Waals surface area contributed by atoms with Crippen molar-refractivity contribution in [3.05, 3.63) is 67.5 Å². The predicted octanol–water partition coefficient (Wildman–Crippen LogP) is 2.29. The third-order valence-electron chi connectivity index (χ3n) is 3.31. The lowest BCUT2D eigenvalue weighted by atomic mass is 9.85. The van der Waals surface area contributed by atoms with Gasteiger partial charge in [0.25, 0.3) is 5.56 Å². The van der Waals surface area contributed by atoms with E-state index in [-0.39, 0.29) is 27.9 Å². The van der Waals surface area contributed by atoms with Crippen LogP contribution in [-0.2, 0) is 0 Å². The Hall–Kier alpha value is -2.49. The minimum Gasteiger partial charge on any atom is -0.422 e. The fourth-order valence-electron chi connectivity index (χ4n) is 2.35. The number of nitrogens with two attached hydrogens (primary N) is 1. The quantitative estimate of drug-likeness (QED) is 0.832. The maximum absolute atomic E-state index is 12.2. The van der Waals surface area contributed by atoms with Gasteiger partial charge in [-0.1, -0.05) is 35.3 Å². The lowest BCUT2D eigenvalue weighted by Crippen LogP contribution is -2.28. The van der Waals surface area contributed by atoms with Gasteiger partial charge in [0.05, 0.1) is 27.9 Å². The molecule has 1 aromatic heterocycles. The molecule has 0 bridgehead atoms. The molecule has 0 amide bonds. The zero-order chi connectivity index (χ0) is 15.9. The fraction of sp³-hybridized carbons (Fsp3) is 0.0714. The lowest BCUT2D eigenvalue weighted by molar-refractivity contribution is 0.375. The number of nitriles is 1. The average molecular weight is 335 g/mol. The van der Waals surface area contributed by atoms with Gasteiger partial charge in [-0.25, -0.2) is 4.98 Å². The molecule has 2 heterocycles. The van der Waals surface area contributed by atoms with Crippen LogP contribution in [0, 0.1) is 11.3 Å². The van der Waals surface area contributed by atoms with Crippen LogP contribution in [0.5, 0.6) is 5.88 Å². The van der Waals surface area contributed by atoms with Gasteiger partial charge in [-0.2, -0.15) is 5.26 Å². The first-order chi connectivity index (χ1) is 10.5. The smallest absolute Gasteiger partial charge is 0.258 e.